The Hall–Kier alpha value is -1.95. The average molecular weight is 318 g/mol. The molecule has 1 amide bonds. The van der Waals surface area contributed by atoms with Gasteiger partial charge in [-0.2, -0.15) is 0 Å². The Morgan fingerprint density at radius 1 is 1.23 bits per heavy atom. The van der Waals surface area contributed by atoms with Gasteiger partial charge in [-0.3, -0.25) is 9.78 Å². The van der Waals surface area contributed by atoms with Crippen LogP contribution in [-0.2, 0) is 9.84 Å². The minimum absolute atomic E-state index is 0.00894. The van der Waals surface area contributed by atoms with E-state index >= 15 is 0 Å². The van der Waals surface area contributed by atoms with Crippen LogP contribution in [0, 0.1) is 0 Å². The van der Waals surface area contributed by atoms with Crippen molar-refractivity contribution in [1.29, 1.82) is 0 Å². The lowest BCUT2D eigenvalue weighted by atomic mass is 10.1. The summed E-state index contributed by atoms with van der Waals surface area (Å²) in [6.07, 6.45) is 1.62. The van der Waals surface area contributed by atoms with Gasteiger partial charge in [0, 0.05) is 24.2 Å². The standard InChI is InChI=1S/C16H18N2O3S/c1-11-12(2)22(20,21)10-9-18(11)16(19)15-14-6-4-3-5-13(14)7-8-17-15/h3-8,11-12H,9-10H2,1-2H3/t11-,12+/m1/s1. The fraction of sp³-hybridized carbons (Fsp3) is 0.375. The zero-order valence-corrected chi connectivity index (χ0v) is 13.4. The van der Waals surface area contributed by atoms with E-state index in [9.17, 15) is 13.2 Å². The van der Waals surface area contributed by atoms with Crippen molar-refractivity contribution in [3.63, 3.8) is 0 Å². The summed E-state index contributed by atoms with van der Waals surface area (Å²) in [5.41, 5.74) is 0.386. The summed E-state index contributed by atoms with van der Waals surface area (Å²) in [7, 11) is -3.12. The fourth-order valence-corrected chi connectivity index (χ4v) is 4.45. The third-order valence-corrected chi connectivity index (χ3v) is 6.77. The Kier molecular flexibility index (Phi) is 3.64. The third-order valence-electron chi connectivity index (χ3n) is 4.49. The van der Waals surface area contributed by atoms with Crippen molar-refractivity contribution < 1.29 is 13.2 Å². The Balaban J connectivity index is 2.00. The van der Waals surface area contributed by atoms with Gasteiger partial charge in [-0.05, 0) is 25.3 Å². The molecule has 2 aromatic rings. The molecule has 0 radical (unpaired) electrons. The van der Waals surface area contributed by atoms with Crippen LogP contribution in [0.1, 0.15) is 24.3 Å². The second-order valence-electron chi connectivity index (χ2n) is 5.69. The molecular formula is C16H18N2O3S. The molecule has 5 nitrogen and oxygen atoms in total. The summed E-state index contributed by atoms with van der Waals surface area (Å²) in [5.74, 6) is -0.194. The molecule has 1 aliphatic rings. The van der Waals surface area contributed by atoms with Crippen molar-refractivity contribution >= 4 is 26.5 Å². The number of amides is 1. The summed E-state index contributed by atoms with van der Waals surface area (Å²) in [6, 6.07) is 9.08. The number of nitrogens with zero attached hydrogens (tertiary/aromatic N) is 2. The van der Waals surface area contributed by atoms with Crippen LogP contribution in [0.3, 0.4) is 0 Å². The number of rotatable bonds is 1. The van der Waals surface area contributed by atoms with Crippen molar-refractivity contribution in [2.24, 2.45) is 0 Å². The number of hydrogen-bond donors (Lipinski definition) is 0. The normalized spacial score (nSPS) is 24.4. The van der Waals surface area contributed by atoms with Gasteiger partial charge in [-0.25, -0.2) is 8.42 Å². The number of hydrogen-bond acceptors (Lipinski definition) is 4. The lowest BCUT2D eigenvalue weighted by Gasteiger charge is -2.37. The first kappa shape index (κ1) is 15.0. The molecule has 1 aromatic heterocycles. The van der Waals surface area contributed by atoms with Gasteiger partial charge in [0.25, 0.3) is 5.91 Å². The molecule has 1 aromatic carbocycles. The molecule has 1 saturated heterocycles. The van der Waals surface area contributed by atoms with Crippen LogP contribution in [-0.4, -0.2) is 47.8 Å². The number of pyridine rings is 1. The lowest BCUT2D eigenvalue weighted by Crippen LogP contribution is -2.54. The molecule has 6 heteroatoms. The average Bonchev–Trinajstić information content (AvgIpc) is 2.52. The first-order valence-corrected chi connectivity index (χ1v) is 8.99. The van der Waals surface area contributed by atoms with E-state index in [-0.39, 0.29) is 24.2 Å². The number of carbonyl (C=O) groups excluding carboxylic acids is 1. The lowest BCUT2D eigenvalue weighted by molar-refractivity contribution is 0.0689. The van der Waals surface area contributed by atoms with Crippen LogP contribution in [0.15, 0.2) is 36.5 Å². The van der Waals surface area contributed by atoms with Gasteiger partial charge < -0.3 is 4.90 Å². The first-order chi connectivity index (χ1) is 10.4. The monoisotopic (exact) mass is 318 g/mol. The van der Waals surface area contributed by atoms with Gasteiger partial charge in [0.15, 0.2) is 9.84 Å². The SMILES string of the molecule is C[C@@H]1[C@H](C)S(=O)(=O)CCN1C(=O)c1nccc2ccccc12. The zero-order valence-electron chi connectivity index (χ0n) is 12.6. The van der Waals surface area contributed by atoms with Gasteiger partial charge in [0.05, 0.1) is 11.0 Å². The summed E-state index contributed by atoms with van der Waals surface area (Å²) < 4.78 is 23.9. The van der Waals surface area contributed by atoms with Crippen LogP contribution in [0.5, 0.6) is 0 Å². The van der Waals surface area contributed by atoms with E-state index in [1.165, 1.54) is 0 Å². The van der Waals surface area contributed by atoms with Gasteiger partial charge >= 0.3 is 0 Å². The number of sulfone groups is 1. The molecule has 0 N–H and O–H groups in total. The molecule has 22 heavy (non-hydrogen) atoms. The van der Waals surface area contributed by atoms with Crippen molar-refractivity contribution in [2.45, 2.75) is 25.1 Å². The predicted octanol–water partition coefficient (Wildman–Crippen LogP) is 1.88. The number of fused-ring (bicyclic) bond motifs is 1. The van der Waals surface area contributed by atoms with E-state index in [0.29, 0.717) is 5.69 Å². The van der Waals surface area contributed by atoms with Gasteiger partial charge in [0.2, 0.25) is 0 Å². The highest BCUT2D eigenvalue weighted by molar-refractivity contribution is 7.92. The van der Waals surface area contributed by atoms with E-state index in [4.69, 9.17) is 0 Å². The molecular weight excluding hydrogens is 300 g/mol. The number of carbonyl (C=O) groups is 1. The summed E-state index contributed by atoms with van der Waals surface area (Å²) in [6.45, 7) is 3.66. The zero-order chi connectivity index (χ0) is 15.9. The summed E-state index contributed by atoms with van der Waals surface area (Å²) >= 11 is 0. The van der Waals surface area contributed by atoms with Crippen molar-refractivity contribution in [3.8, 4) is 0 Å². The Morgan fingerprint density at radius 2 is 1.95 bits per heavy atom. The van der Waals surface area contributed by atoms with Crippen LogP contribution in [0.25, 0.3) is 10.8 Å². The molecule has 2 heterocycles. The second-order valence-corrected chi connectivity index (χ2v) is 8.17. The maximum Gasteiger partial charge on any atom is 0.273 e. The van der Waals surface area contributed by atoms with Crippen molar-refractivity contribution in [2.75, 3.05) is 12.3 Å². The molecule has 0 aliphatic carbocycles. The largest absolute Gasteiger partial charge is 0.332 e. The molecule has 0 spiro atoms. The van der Waals surface area contributed by atoms with E-state index in [1.807, 2.05) is 30.3 Å². The van der Waals surface area contributed by atoms with E-state index in [2.05, 4.69) is 4.98 Å². The van der Waals surface area contributed by atoms with Crippen molar-refractivity contribution in [1.82, 2.24) is 9.88 Å². The second kappa shape index (κ2) is 5.35. The summed E-state index contributed by atoms with van der Waals surface area (Å²) in [5, 5.41) is 1.19. The highest BCUT2D eigenvalue weighted by Crippen LogP contribution is 2.24. The summed E-state index contributed by atoms with van der Waals surface area (Å²) in [4.78, 5) is 18.7. The van der Waals surface area contributed by atoms with Gasteiger partial charge in [-0.1, -0.05) is 24.3 Å². The maximum atomic E-state index is 12.8. The molecule has 1 fully saturated rings. The highest BCUT2D eigenvalue weighted by atomic mass is 32.2. The molecule has 0 bridgehead atoms. The Labute approximate surface area is 129 Å². The van der Waals surface area contributed by atoms with Crippen LogP contribution >= 0.6 is 0 Å². The van der Waals surface area contributed by atoms with E-state index in [1.54, 1.807) is 24.9 Å². The van der Waals surface area contributed by atoms with Gasteiger partial charge in [-0.15, -0.1) is 0 Å². The Bertz CT molecular complexity index is 827. The predicted molar refractivity (Wildman–Crippen MR) is 85.5 cm³/mol. The Morgan fingerprint density at radius 3 is 2.73 bits per heavy atom. The van der Waals surface area contributed by atoms with Crippen molar-refractivity contribution in [3.05, 3.63) is 42.2 Å². The molecule has 2 atom stereocenters. The van der Waals surface area contributed by atoms with Crippen LogP contribution in [0.4, 0.5) is 0 Å². The fourth-order valence-electron chi connectivity index (χ4n) is 2.88. The first-order valence-electron chi connectivity index (χ1n) is 7.28. The third kappa shape index (κ3) is 2.37. The molecule has 1 aliphatic heterocycles. The minimum Gasteiger partial charge on any atom is -0.332 e. The smallest absolute Gasteiger partial charge is 0.273 e. The topological polar surface area (TPSA) is 67.3 Å². The van der Waals surface area contributed by atoms with Crippen LogP contribution < -0.4 is 0 Å². The minimum atomic E-state index is -3.12. The number of aromatic nitrogens is 1. The quantitative estimate of drug-likeness (QED) is 0.805. The highest BCUT2D eigenvalue weighted by Gasteiger charge is 2.38. The number of benzene rings is 1. The maximum absolute atomic E-state index is 12.8. The molecule has 0 saturated carbocycles. The molecule has 0 unspecified atom stereocenters. The molecule has 3 rings (SSSR count). The van der Waals surface area contributed by atoms with Gasteiger partial charge in [0.1, 0.15) is 5.69 Å². The molecule has 116 valence electrons. The van der Waals surface area contributed by atoms with E-state index < -0.39 is 15.1 Å². The van der Waals surface area contributed by atoms with Crippen LogP contribution in [0.2, 0.25) is 0 Å². The van der Waals surface area contributed by atoms with E-state index in [0.717, 1.165) is 10.8 Å².